The maximum atomic E-state index is 13.5. The zero-order valence-corrected chi connectivity index (χ0v) is 13.8. The van der Waals surface area contributed by atoms with Crippen molar-refractivity contribution in [3.05, 3.63) is 58.8 Å². The van der Waals surface area contributed by atoms with E-state index in [0.717, 1.165) is 28.8 Å². The maximum absolute atomic E-state index is 13.5. The van der Waals surface area contributed by atoms with Gasteiger partial charge in [0.05, 0.1) is 5.03 Å². The Bertz CT molecular complexity index is 832. The third kappa shape index (κ3) is 2.90. The van der Waals surface area contributed by atoms with Crippen molar-refractivity contribution in [2.45, 2.75) is 24.9 Å². The van der Waals surface area contributed by atoms with Crippen molar-refractivity contribution in [1.29, 1.82) is 0 Å². The highest BCUT2D eigenvalue weighted by atomic mass is 35.5. The van der Waals surface area contributed by atoms with Crippen LogP contribution in [0.5, 0.6) is 0 Å². The summed E-state index contributed by atoms with van der Waals surface area (Å²) in [4.78, 5) is 6.97. The summed E-state index contributed by atoms with van der Waals surface area (Å²) in [5.74, 6) is -1.11. The molecule has 0 amide bonds. The molecule has 0 fully saturated rings. The molecule has 1 aromatic carbocycles. The van der Waals surface area contributed by atoms with Gasteiger partial charge in [-0.1, -0.05) is 41.4 Å². The molecule has 0 aliphatic carbocycles. The molecular weight excluding hydrogens is 384 g/mol. The SMILES string of the molecule is Cc1ccc(C2=NC(C(F)(F)F)(C(F)(F)F)N=C3C=CC(Cl)=CN32)cc1. The number of hydrogen-bond donors (Lipinski definition) is 0. The van der Waals surface area contributed by atoms with Crippen LogP contribution in [0.4, 0.5) is 26.3 Å². The van der Waals surface area contributed by atoms with Crippen molar-refractivity contribution >= 4 is 23.3 Å². The van der Waals surface area contributed by atoms with Gasteiger partial charge in [-0.05, 0) is 19.1 Å². The van der Waals surface area contributed by atoms with Crippen molar-refractivity contribution in [3.63, 3.8) is 0 Å². The molecule has 2 heterocycles. The standard InChI is InChI=1S/C16H10ClF6N3/c1-9-2-4-10(5-3-9)13-25-14(15(18,19)20,16(21,22)23)24-12-7-6-11(17)8-26(12)13/h2-8H,1H3. The van der Waals surface area contributed by atoms with Crippen LogP contribution in [0.2, 0.25) is 0 Å². The highest BCUT2D eigenvalue weighted by Crippen LogP contribution is 2.49. The molecule has 0 aromatic heterocycles. The van der Waals surface area contributed by atoms with E-state index in [1.165, 1.54) is 12.1 Å². The summed E-state index contributed by atoms with van der Waals surface area (Å²) >= 11 is 5.84. The average molecular weight is 394 g/mol. The highest BCUT2D eigenvalue weighted by Gasteiger charge is 2.73. The van der Waals surface area contributed by atoms with Crippen molar-refractivity contribution in [2.24, 2.45) is 9.98 Å². The van der Waals surface area contributed by atoms with Crippen LogP contribution in [0.1, 0.15) is 11.1 Å². The van der Waals surface area contributed by atoms with E-state index in [0.29, 0.717) is 0 Å². The molecule has 0 N–H and O–H groups in total. The van der Waals surface area contributed by atoms with Gasteiger partial charge in [-0.3, -0.25) is 4.90 Å². The first-order valence-corrected chi connectivity index (χ1v) is 7.57. The number of halogens is 7. The average Bonchev–Trinajstić information content (AvgIpc) is 2.52. The topological polar surface area (TPSA) is 28.0 Å². The van der Waals surface area contributed by atoms with Gasteiger partial charge in [0, 0.05) is 11.8 Å². The molecule has 2 aliphatic rings. The number of aryl methyl sites for hydroxylation is 1. The van der Waals surface area contributed by atoms with Gasteiger partial charge in [0.2, 0.25) is 0 Å². The Morgan fingerprint density at radius 3 is 2.04 bits per heavy atom. The maximum Gasteiger partial charge on any atom is 0.443 e. The summed E-state index contributed by atoms with van der Waals surface area (Å²) in [5.41, 5.74) is -3.74. The van der Waals surface area contributed by atoms with E-state index in [2.05, 4.69) is 9.98 Å². The van der Waals surface area contributed by atoms with Crippen LogP contribution in [-0.2, 0) is 0 Å². The fourth-order valence-corrected chi connectivity index (χ4v) is 2.61. The number of alkyl halides is 6. The van der Waals surface area contributed by atoms with E-state index in [4.69, 9.17) is 11.6 Å². The summed E-state index contributed by atoms with van der Waals surface area (Å²) in [6, 6.07) is 5.87. The first kappa shape index (κ1) is 18.5. The normalized spacial score (nSPS) is 19.5. The Morgan fingerprint density at radius 1 is 0.923 bits per heavy atom. The summed E-state index contributed by atoms with van der Waals surface area (Å²) in [6.07, 6.45) is -8.25. The van der Waals surface area contributed by atoms with E-state index in [9.17, 15) is 26.3 Å². The quantitative estimate of drug-likeness (QED) is 0.622. The zero-order valence-electron chi connectivity index (χ0n) is 13.0. The Hall–Kier alpha value is -2.29. The van der Waals surface area contributed by atoms with Crippen LogP contribution in [0.25, 0.3) is 0 Å². The molecule has 0 radical (unpaired) electrons. The number of rotatable bonds is 1. The van der Waals surface area contributed by atoms with Crippen molar-refractivity contribution in [1.82, 2.24) is 4.90 Å². The second-order valence-electron chi connectivity index (χ2n) is 5.66. The van der Waals surface area contributed by atoms with E-state index in [-0.39, 0.29) is 10.6 Å². The van der Waals surface area contributed by atoms with Crippen LogP contribution in [0.3, 0.4) is 0 Å². The fourth-order valence-electron chi connectivity index (χ4n) is 2.45. The summed E-state index contributed by atoms with van der Waals surface area (Å²) in [7, 11) is 0. The van der Waals surface area contributed by atoms with E-state index in [1.54, 1.807) is 19.1 Å². The second kappa shape index (κ2) is 5.87. The Morgan fingerprint density at radius 2 is 1.50 bits per heavy atom. The summed E-state index contributed by atoms with van der Waals surface area (Å²) in [5, 5.41) is 0.107. The smallest absolute Gasteiger partial charge is 0.284 e. The molecule has 3 nitrogen and oxygen atoms in total. The molecule has 0 unspecified atom stereocenters. The Kier molecular flexibility index (Phi) is 4.18. The molecule has 2 aliphatic heterocycles. The third-order valence-electron chi connectivity index (χ3n) is 3.76. The van der Waals surface area contributed by atoms with Gasteiger partial charge >= 0.3 is 18.0 Å². The fraction of sp³-hybridized carbons (Fsp3) is 0.250. The van der Waals surface area contributed by atoms with E-state index < -0.39 is 29.7 Å². The van der Waals surface area contributed by atoms with Gasteiger partial charge in [-0.2, -0.15) is 26.3 Å². The largest absolute Gasteiger partial charge is 0.443 e. The van der Waals surface area contributed by atoms with Gasteiger partial charge in [0.1, 0.15) is 11.7 Å². The molecule has 138 valence electrons. The van der Waals surface area contributed by atoms with Crippen LogP contribution < -0.4 is 0 Å². The number of allylic oxidation sites excluding steroid dienone is 2. The predicted octanol–water partition coefficient (Wildman–Crippen LogP) is 4.93. The van der Waals surface area contributed by atoms with E-state index in [1.807, 2.05) is 0 Å². The first-order valence-electron chi connectivity index (χ1n) is 7.19. The monoisotopic (exact) mass is 393 g/mol. The van der Waals surface area contributed by atoms with Crippen LogP contribution >= 0.6 is 11.6 Å². The minimum absolute atomic E-state index is 0.0666. The molecule has 0 saturated heterocycles. The minimum Gasteiger partial charge on any atom is -0.284 e. The lowest BCUT2D eigenvalue weighted by atomic mass is 10.1. The number of hydrogen-bond acceptors (Lipinski definition) is 3. The van der Waals surface area contributed by atoms with Crippen LogP contribution in [0.15, 0.2) is 57.6 Å². The van der Waals surface area contributed by atoms with Crippen molar-refractivity contribution in [3.8, 4) is 0 Å². The van der Waals surface area contributed by atoms with Gasteiger partial charge in [0.15, 0.2) is 0 Å². The minimum atomic E-state index is -5.78. The molecule has 1 aromatic rings. The third-order valence-corrected chi connectivity index (χ3v) is 3.99. The number of nitrogens with zero attached hydrogens (tertiary/aromatic N) is 3. The lowest BCUT2D eigenvalue weighted by molar-refractivity contribution is -0.292. The first-order chi connectivity index (χ1) is 11.9. The Labute approximate surface area is 149 Å². The molecule has 0 bridgehead atoms. The predicted molar refractivity (Wildman–Crippen MR) is 84.9 cm³/mol. The number of amidine groups is 2. The van der Waals surface area contributed by atoms with E-state index >= 15 is 0 Å². The lowest BCUT2D eigenvalue weighted by Gasteiger charge is -2.38. The lowest BCUT2D eigenvalue weighted by Crippen LogP contribution is -2.58. The Balaban J connectivity index is 2.29. The number of fused-ring (bicyclic) bond motifs is 1. The van der Waals surface area contributed by atoms with Crippen LogP contribution in [-0.4, -0.2) is 34.6 Å². The molecule has 0 saturated carbocycles. The van der Waals surface area contributed by atoms with Crippen LogP contribution in [0, 0.1) is 6.92 Å². The molecule has 0 spiro atoms. The molecule has 10 heteroatoms. The number of aliphatic imine (C=N–C) groups is 2. The molecule has 0 atom stereocenters. The summed E-state index contributed by atoms with van der Waals surface area (Å²) < 4.78 is 80.8. The summed E-state index contributed by atoms with van der Waals surface area (Å²) in [6.45, 7) is 1.73. The van der Waals surface area contributed by atoms with Gasteiger partial charge in [-0.25, -0.2) is 9.98 Å². The molecular formula is C16H10ClF6N3. The van der Waals surface area contributed by atoms with Crippen molar-refractivity contribution in [2.75, 3.05) is 0 Å². The van der Waals surface area contributed by atoms with Gasteiger partial charge in [0.25, 0.3) is 0 Å². The molecule has 3 rings (SSSR count). The van der Waals surface area contributed by atoms with Gasteiger partial charge < -0.3 is 0 Å². The van der Waals surface area contributed by atoms with Gasteiger partial charge in [-0.15, -0.1) is 0 Å². The van der Waals surface area contributed by atoms with Crippen molar-refractivity contribution < 1.29 is 26.3 Å². The molecule has 26 heavy (non-hydrogen) atoms. The second-order valence-corrected chi connectivity index (χ2v) is 6.09. The highest BCUT2D eigenvalue weighted by molar-refractivity contribution is 6.32. The zero-order chi connectivity index (χ0) is 19.3. The number of benzene rings is 1.